The molecule has 3 N–H and O–H groups in total. The summed E-state index contributed by atoms with van der Waals surface area (Å²) in [6, 6.07) is 13.6. The molecular weight excluding hydrogens is 338 g/mol. The molecule has 1 amide bonds. The number of nitrogens with zero attached hydrogens (tertiary/aromatic N) is 1. The number of para-hydroxylation sites is 1. The minimum atomic E-state index is -0.138. The van der Waals surface area contributed by atoms with Crippen LogP contribution in [0.3, 0.4) is 0 Å². The first kappa shape index (κ1) is 16.2. The Morgan fingerprint density at radius 2 is 2.12 bits per heavy atom. The normalized spacial score (nSPS) is 21.3. The van der Waals surface area contributed by atoms with E-state index in [2.05, 4.69) is 16.3 Å². The summed E-state index contributed by atoms with van der Waals surface area (Å²) in [7, 11) is 0. The zero-order valence-corrected chi connectivity index (χ0v) is 14.5. The maximum atomic E-state index is 11.9. The zero-order chi connectivity index (χ0) is 17.4. The Bertz CT molecular complexity index is 811. The summed E-state index contributed by atoms with van der Waals surface area (Å²) < 4.78 is 6.19. The van der Waals surface area contributed by atoms with E-state index < -0.39 is 0 Å². The number of piperidine rings is 1. The summed E-state index contributed by atoms with van der Waals surface area (Å²) in [5.41, 5.74) is 7.54. The van der Waals surface area contributed by atoms with Crippen LogP contribution in [0.25, 0.3) is 0 Å². The van der Waals surface area contributed by atoms with Gasteiger partial charge in [-0.05, 0) is 37.1 Å². The van der Waals surface area contributed by atoms with E-state index in [1.54, 1.807) is 0 Å². The number of hydrogen-bond acceptors (Lipinski definition) is 4. The molecule has 2 aromatic carbocycles. The molecule has 0 saturated carbocycles. The maximum Gasteiger partial charge on any atom is 0.234 e. The molecule has 0 aromatic heterocycles. The molecule has 1 saturated heterocycles. The topological polar surface area (TPSA) is 67.6 Å². The first-order valence-corrected chi connectivity index (χ1v) is 8.87. The summed E-state index contributed by atoms with van der Waals surface area (Å²) in [5.74, 6) is 1.46. The molecule has 2 aromatic rings. The second-order valence-corrected chi connectivity index (χ2v) is 6.85. The average molecular weight is 358 g/mol. The van der Waals surface area contributed by atoms with E-state index in [1.165, 1.54) is 0 Å². The lowest BCUT2D eigenvalue weighted by Gasteiger charge is -2.42. The van der Waals surface area contributed by atoms with Gasteiger partial charge in [-0.15, -0.1) is 0 Å². The number of anilines is 1. The van der Waals surface area contributed by atoms with Crippen LogP contribution in [0.15, 0.2) is 42.5 Å². The molecule has 2 heterocycles. The van der Waals surface area contributed by atoms with Gasteiger partial charge in [-0.2, -0.15) is 0 Å². The fraction of sp³-hybridized carbons (Fsp3) is 0.316. The van der Waals surface area contributed by atoms with Gasteiger partial charge in [-0.3, -0.25) is 4.79 Å². The van der Waals surface area contributed by atoms with Crippen LogP contribution in [-0.4, -0.2) is 25.0 Å². The number of rotatable bonds is 2. The van der Waals surface area contributed by atoms with E-state index in [0.717, 1.165) is 42.1 Å². The molecule has 0 bridgehead atoms. The lowest BCUT2D eigenvalue weighted by atomic mass is 9.89. The van der Waals surface area contributed by atoms with Gasteiger partial charge in [0.15, 0.2) is 5.75 Å². The van der Waals surface area contributed by atoms with Crippen LogP contribution >= 0.6 is 11.6 Å². The number of amides is 1. The van der Waals surface area contributed by atoms with Crippen LogP contribution in [0, 0.1) is 0 Å². The number of carbonyl (C=O) groups is 1. The van der Waals surface area contributed by atoms with E-state index >= 15 is 0 Å². The Morgan fingerprint density at radius 1 is 1.28 bits per heavy atom. The van der Waals surface area contributed by atoms with E-state index in [0.29, 0.717) is 5.02 Å². The largest absolute Gasteiger partial charge is 0.455 e. The Hall–Kier alpha value is -2.24. The van der Waals surface area contributed by atoms with Gasteiger partial charge in [0.05, 0.1) is 24.3 Å². The first-order valence-electron chi connectivity index (χ1n) is 8.50. The van der Waals surface area contributed by atoms with Gasteiger partial charge in [0.1, 0.15) is 5.75 Å². The molecule has 5 nitrogen and oxygen atoms in total. The van der Waals surface area contributed by atoms with Gasteiger partial charge in [0, 0.05) is 17.1 Å². The van der Waals surface area contributed by atoms with Gasteiger partial charge in [-0.25, -0.2) is 0 Å². The quantitative estimate of drug-likeness (QED) is 0.865. The second kappa shape index (κ2) is 6.58. The molecule has 25 heavy (non-hydrogen) atoms. The number of hydrogen-bond donors (Lipinski definition) is 2. The molecule has 2 aliphatic heterocycles. The van der Waals surface area contributed by atoms with Crippen molar-refractivity contribution in [2.75, 3.05) is 18.0 Å². The van der Waals surface area contributed by atoms with Crippen molar-refractivity contribution in [1.29, 1.82) is 0 Å². The Labute approximate surface area is 151 Å². The number of nitrogens with one attached hydrogen (secondary N) is 1. The van der Waals surface area contributed by atoms with Crippen molar-refractivity contribution in [2.24, 2.45) is 5.73 Å². The molecule has 2 aliphatic rings. The van der Waals surface area contributed by atoms with Crippen molar-refractivity contribution in [1.82, 2.24) is 5.32 Å². The Kier molecular flexibility index (Phi) is 4.27. The summed E-state index contributed by atoms with van der Waals surface area (Å²) in [4.78, 5) is 14.2. The molecule has 0 radical (unpaired) electrons. The van der Waals surface area contributed by atoms with Crippen molar-refractivity contribution in [3.8, 4) is 11.5 Å². The first-order chi connectivity index (χ1) is 12.2. The van der Waals surface area contributed by atoms with Gasteiger partial charge in [0.25, 0.3) is 0 Å². The lowest BCUT2D eigenvalue weighted by molar-refractivity contribution is -0.120. The summed E-state index contributed by atoms with van der Waals surface area (Å²) in [5, 5.41) is 3.75. The van der Waals surface area contributed by atoms with Crippen LogP contribution in [0.4, 0.5) is 5.69 Å². The molecule has 2 atom stereocenters. The van der Waals surface area contributed by atoms with Gasteiger partial charge in [-0.1, -0.05) is 29.8 Å². The van der Waals surface area contributed by atoms with E-state index in [9.17, 15) is 4.79 Å². The lowest BCUT2D eigenvalue weighted by Crippen LogP contribution is -2.51. The molecule has 4 rings (SSSR count). The minimum absolute atomic E-state index is 0.0101. The minimum Gasteiger partial charge on any atom is -0.455 e. The van der Waals surface area contributed by atoms with E-state index in [4.69, 9.17) is 22.1 Å². The fourth-order valence-electron chi connectivity index (χ4n) is 3.81. The van der Waals surface area contributed by atoms with Crippen molar-refractivity contribution in [3.63, 3.8) is 0 Å². The van der Waals surface area contributed by atoms with Crippen molar-refractivity contribution in [3.05, 3.63) is 53.1 Å². The summed E-state index contributed by atoms with van der Waals surface area (Å²) >= 11 is 6.25. The van der Waals surface area contributed by atoms with Gasteiger partial charge >= 0.3 is 0 Å². The molecular formula is C19H20ClN3O2. The number of benzene rings is 2. The highest BCUT2D eigenvalue weighted by molar-refractivity contribution is 6.31. The van der Waals surface area contributed by atoms with Crippen molar-refractivity contribution in [2.45, 2.75) is 24.9 Å². The molecule has 0 unspecified atom stereocenters. The highest BCUT2D eigenvalue weighted by atomic mass is 35.5. The number of carbonyl (C=O) groups excluding carboxylic acids is 1. The van der Waals surface area contributed by atoms with Crippen LogP contribution in [0.2, 0.25) is 5.02 Å². The summed E-state index contributed by atoms with van der Waals surface area (Å²) in [6.45, 7) is 0.870. The van der Waals surface area contributed by atoms with Crippen molar-refractivity contribution >= 4 is 23.2 Å². The highest BCUT2D eigenvalue weighted by Gasteiger charge is 2.38. The third-order valence-corrected chi connectivity index (χ3v) is 5.09. The van der Waals surface area contributed by atoms with E-state index in [-0.39, 0.29) is 24.5 Å². The SMILES string of the molecule is NCC(=O)N[C@H]1CCCN2c3cc(Cl)ccc3Oc3ccccc3[C@@H]12. The third-order valence-electron chi connectivity index (χ3n) is 4.85. The third kappa shape index (κ3) is 2.94. The van der Waals surface area contributed by atoms with Crippen LogP contribution in [-0.2, 0) is 4.79 Å². The van der Waals surface area contributed by atoms with Crippen molar-refractivity contribution < 1.29 is 9.53 Å². The molecule has 0 spiro atoms. The van der Waals surface area contributed by atoms with Gasteiger partial charge in [0.2, 0.25) is 5.91 Å². The summed E-state index contributed by atoms with van der Waals surface area (Å²) in [6.07, 6.45) is 1.87. The second-order valence-electron chi connectivity index (χ2n) is 6.41. The predicted octanol–water partition coefficient (Wildman–Crippen LogP) is 3.23. The fourth-order valence-corrected chi connectivity index (χ4v) is 3.97. The average Bonchev–Trinajstić information content (AvgIpc) is 2.77. The molecule has 1 fully saturated rings. The smallest absolute Gasteiger partial charge is 0.234 e. The van der Waals surface area contributed by atoms with Crippen LogP contribution in [0.5, 0.6) is 11.5 Å². The number of nitrogens with two attached hydrogens (primary N) is 1. The van der Waals surface area contributed by atoms with Gasteiger partial charge < -0.3 is 20.7 Å². The number of ether oxygens (including phenoxy) is 1. The number of fused-ring (bicyclic) bond motifs is 5. The molecule has 0 aliphatic carbocycles. The zero-order valence-electron chi connectivity index (χ0n) is 13.7. The Morgan fingerprint density at radius 3 is 2.96 bits per heavy atom. The maximum absolute atomic E-state index is 11.9. The van der Waals surface area contributed by atoms with E-state index in [1.807, 2.05) is 36.4 Å². The predicted molar refractivity (Wildman–Crippen MR) is 98.3 cm³/mol. The molecule has 130 valence electrons. The monoisotopic (exact) mass is 357 g/mol. The van der Waals surface area contributed by atoms with Crippen LogP contribution < -0.4 is 20.7 Å². The Balaban J connectivity index is 1.85. The standard InChI is InChI=1S/C19H20ClN3O2/c20-12-7-8-17-15(10-12)23-9-3-5-14(22-18(24)11-21)19(23)13-4-1-2-6-16(13)25-17/h1-2,4,6-8,10,14,19H,3,5,9,11,21H2,(H,22,24)/t14-,19-/m0/s1. The molecule has 6 heteroatoms. The number of halogens is 1. The van der Waals surface area contributed by atoms with Crippen LogP contribution in [0.1, 0.15) is 24.4 Å². The highest BCUT2D eigenvalue weighted by Crippen LogP contribution is 2.48.